The van der Waals surface area contributed by atoms with E-state index in [1.807, 2.05) is 6.20 Å². The van der Waals surface area contributed by atoms with Crippen molar-refractivity contribution in [3.8, 4) is 0 Å². The van der Waals surface area contributed by atoms with Crippen LogP contribution >= 0.6 is 0 Å². The molecule has 4 heteroatoms. The van der Waals surface area contributed by atoms with E-state index in [1.165, 1.54) is 5.56 Å². The molecule has 15 heavy (non-hydrogen) atoms. The summed E-state index contributed by atoms with van der Waals surface area (Å²) in [7, 11) is 0. The van der Waals surface area contributed by atoms with Gasteiger partial charge < -0.3 is 10.5 Å². The Balaban J connectivity index is 1.94. The van der Waals surface area contributed by atoms with Crippen LogP contribution in [-0.4, -0.2) is 23.2 Å². The Morgan fingerprint density at radius 2 is 2.33 bits per heavy atom. The summed E-state index contributed by atoms with van der Waals surface area (Å²) in [5, 5.41) is 0. The third kappa shape index (κ3) is 1.54. The van der Waals surface area contributed by atoms with Crippen LogP contribution in [0.3, 0.4) is 0 Å². The summed E-state index contributed by atoms with van der Waals surface area (Å²) in [6.45, 7) is 1.59. The Morgan fingerprint density at radius 1 is 1.40 bits per heavy atom. The van der Waals surface area contributed by atoms with Crippen LogP contribution < -0.4 is 5.73 Å². The van der Waals surface area contributed by atoms with Gasteiger partial charge in [-0.1, -0.05) is 0 Å². The predicted octanol–water partition coefficient (Wildman–Crippen LogP) is 0.926. The van der Waals surface area contributed by atoms with Gasteiger partial charge in [0.15, 0.2) is 0 Å². The molecule has 2 N–H and O–H groups in total. The van der Waals surface area contributed by atoms with E-state index < -0.39 is 0 Å². The Bertz CT molecular complexity index is 374. The van der Waals surface area contributed by atoms with Crippen LogP contribution in [0.25, 0.3) is 0 Å². The maximum atomic E-state index is 5.99. The van der Waals surface area contributed by atoms with Crippen molar-refractivity contribution in [2.45, 2.75) is 31.2 Å². The fourth-order valence-corrected chi connectivity index (χ4v) is 2.33. The molecule has 1 fully saturated rings. The average molecular weight is 205 g/mol. The van der Waals surface area contributed by atoms with Gasteiger partial charge in [-0.3, -0.25) is 0 Å². The van der Waals surface area contributed by atoms with Crippen LogP contribution in [-0.2, 0) is 11.2 Å². The van der Waals surface area contributed by atoms with Crippen molar-refractivity contribution in [2.75, 3.05) is 13.2 Å². The van der Waals surface area contributed by atoms with Gasteiger partial charge in [-0.25, -0.2) is 9.97 Å². The smallest absolute Gasteiger partial charge is 0.134 e. The highest BCUT2D eigenvalue weighted by Crippen LogP contribution is 2.29. The van der Waals surface area contributed by atoms with Gasteiger partial charge in [0.25, 0.3) is 0 Å². The van der Waals surface area contributed by atoms with E-state index in [2.05, 4.69) is 9.97 Å². The summed E-state index contributed by atoms with van der Waals surface area (Å²) in [4.78, 5) is 9.02. The molecule has 80 valence electrons. The quantitative estimate of drug-likeness (QED) is 0.740. The number of fused-ring (bicyclic) bond motifs is 1. The molecule has 2 heterocycles. The van der Waals surface area contributed by atoms with E-state index >= 15 is 0 Å². The lowest BCUT2D eigenvalue weighted by Gasteiger charge is -2.09. The molecule has 0 spiro atoms. The molecule has 1 aliphatic carbocycles. The molecule has 3 rings (SSSR count). The molecule has 0 radical (unpaired) electrons. The van der Waals surface area contributed by atoms with Gasteiger partial charge in [-0.15, -0.1) is 0 Å². The maximum Gasteiger partial charge on any atom is 0.134 e. The maximum absolute atomic E-state index is 5.99. The molecule has 1 aromatic heterocycles. The van der Waals surface area contributed by atoms with Gasteiger partial charge in [-0.2, -0.15) is 0 Å². The van der Waals surface area contributed by atoms with Crippen LogP contribution in [0.15, 0.2) is 6.20 Å². The number of hydrogen-bond acceptors (Lipinski definition) is 4. The molecule has 1 aromatic rings. The number of aryl methyl sites for hydroxylation is 1. The average Bonchev–Trinajstić information content (AvgIpc) is 2.88. The van der Waals surface area contributed by atoms with E-state index in [-0.39, 0.29) is 6.04 Å². The highest BCUT2D eigenvalue weighted by Gasteiger charge is 2.25. The first-order chi connectivity index (χ1) is 7.34. The number of nitrogens with two attached hydrogens (primary N) is 1. The topological polar surface area (TPSA) is 61.0 Å². The van der Waals surface area contributed by atoms with Crippen LogP contribution in [0.4, 0.5) is 0 Å². The fraction of sp³-hybridized carbons (Fsp3) is 0.636. The summed E-state index contributed by atoms with van der Waals surface area (Å²) < 4.78 is 5.35. The van der Waals surface area contributed by atoms with Crippen molar-refractivity contribution in [3.05, 3.63) is 23.3 Å². The van der Waals surface area contributed by atoms with E-state index in [9.17, 15) is 0 Å². The van der Waals surface area contributed by atoms with Gasteiger partial charge >= 0.3 is 0 Å². The lowest BCUT2D eigenvalue weighted by molar-refractivity contribution is 0.193. The molecule has 0 aromatic carbocycles. The molecule has 0 bridgehead atoms. The predicted molar refractivity (Wildman–Crippen MR) is 55.5 cm³/mol. The van der Waals surface area contributed by atoms with Crippen molar-refractivity contribution in [1.82, 2.24) is 9.97 Å². The zero-order valence-corrected chi connectivity index (χ0v) is 8.65. The Kier molecular flexibility index (Phi) is 2.18. The molecule has 0 saturated carbocycles. The van der Waals surface area contributed by atoms with Gasteiger partial charge in [0.05, 0.1) is 12.3 Å². The molecule has 1 aliphatic heterocycles. The van der Waals surface area contributed by atoms with Crippen LogP contribution in [0.1, 0.15) is 41.9 Å². The molecule has 4 nitrogen and oxygen atoms in total. The van der Waals surface area contributed by atoms with Crippen molar-refractivity contribution in [3.63, 3.8) is 0 Å². The van der Waals surface area contributed by atoms with Gasteiger partial charge in [0.2, 0.25) is 0 Å². The van der Waals surface area contributed by atoms with Crippen molar-refractivity contribution in [2.24, 2.45) is 5.73 Å². The highest BCUT2D eigenvalue weighted by atomic mass is 16.5. The largest absolute Gasteiger partial charge is 0.381 e. The lowest BCUT2D eigenvalue weighted by Crippen LogP contribution is -2.11. The first-order valence-electron chi connectivity index (χ1n) is 5.53. The number of hydrogen-bond donors (Lipinski definition) is 1. The third-order valence-corrected chi connectivity index (χ3v) is 3.29. The fourth-order valence-electron chi connectivity index (χ4n) is 2.33. The van der Waals surface area contributed by atoms with Crippen molar-refractivity contribution >= 4 is 0 Å². The van der Waals surface area contributed by atoms with Gasteiger partial charge in [0, 0.05) is 24.8 Å². The van der Waals surface area contributed by atoms with Crippen LogP contribution in [0.2, 0.25) is 0 Å². The second-order valence-corrected chi connectivity index (χ2v) is 4.34. The van der Waals surface area contributed by atoms with Crippen LogP contribution in [0, 0.1) is 0 Å². The number of aromatic nitrogens is 2. The summed E-state index contributed by atoms with van der Waals surface area (Å²) >= 11 is 0. The molecule has 2 unspecified atom stereocenters. The van der Waals surface area contributed by atoms with E-state index in [0.29, 0.717) is 5.92 Å². The molecule has 2 atom stereocenters. The Morgan fingerprint density at radius 3 is 3.13 bits per heavy atom. The zero-order valence-electron chi connectivity index (χ0n) is 8.65. The van der Waals surface area contributed by atoms with Crippen molar-refractivity contribution in [1.29, 1.82) is 0 Å². The third-order valence-electron chi connectivity index (χ3n) is 3.29. The van der Waals surface area contributed by atoms with E-state index in [4.69, 9.17) is 10.5 Å². The summed E-state index contributed by atoms with van der Waals surface area (Å²) in [6, 6.07) is 0.115. The summed E-state index contributed by atoms with van der Waals surface area (Å²) in [5.74, 6) is 1.30. The number of rotatable bonds is 1. The van der Waals surface area contributed by atoms with Gasteiger partial charge in [0.1, 0.15) is 5.82 Å². The molecular formula is C11H15N3O. The summed E-state index contributed by atoms with van der Waals surface area (Å²) in [5.41, 5.74) is 8.28. The second kappa shape index (κ2) is 3.54. The first kappa shape index (κ1) is 9.24. The molecular weight excluding hydrogens is 190 g/mol. The van der Waals surface area contributed by atoms with Crippen LogP contribution in [0.5, 0.6) is 0 Å². The summed E-state index contributed by atoms with van der Waals surface area (Å²) in [6.07, 6.45) is 5.02. The van der Waals surface area contributed by atoms with Gasteiger partial charge in [-0.05, 0) is 24.8 Å². The Labute approximate surface area is 88.9 Å². The molecule has 1 saturated heterocycles. The van der Waals surface area contributed by atoms with E-state index in [0.717, 1.165) is 44.0 Å². The zero-order chi connectivity index (χ0) is 10.3. The molecule has 0 amide bonds. The molecule has 2 aliphatic rings. The number of nitrogens with zero attached hydrogens (tertiary/aromatic N) is 2. The minimum Gasteiger partial charge on any atom is -0.381 e. The lowest BCUT2D eigenvalue weighted by atomic mass is 10.1. The standard InChI is InChI=1S/C11H15N3O/c12-9-2-1-7-5-13-11(14-10(7)9)8-3-4-15-6-8/h5,8-9H,1-4,6,12H2. The van der Waals surface area contributed by atoms with E-state index in [1.54, 1.807) is 0 Å². The SMILES string of the molecule is NC1CCc2cnc(C3CCOC3)nc21. The monoisotopic (exact) mass is 205 g/mol. The minimum absolute atomic E-state index is 0.115. The normalized spacial score (nSPS) is 29.4. The Hall–Kier alpha value is -1.00. The minimum atomic E-state index is 0.115. The second-order valence-electron chi connectivity index (χ2n) is 4.34. The van der Waals surface area contributed by atoms with Crippen molar-refractivity contribution < 1.29 is 4.74 Å². The number of ether oxygens (including phenoxy) is 1. The first-order valence-corrected chi connectivity index (χ1v) is 5.53. The highest BCUT2D eigenvalue weighted by molar-refractivity contribution is 5.26.